The molecule has 0 atom stereocenters. The highest BCUT2D eigenvalue weighted by Gasteiger charge is 2.08. The van der Waals surface area contributed by atoms with Gasteiger partial charge in [-0.25, -0.2) is 0 Å². The number of anilines is 1. The van der Waals surface area contributed by atoms with E-state index in [0.29, 0.717) is 0 Å². The van der Waals surface area contributed by atoms with Crippen LogP contribution in [-0.2, 0) is 0 Å². The predicted octanol–water partition coefficient (Wildman–Crippen LogP) is 4.78. The molecule has 0 spiro atoms. The first-order chi connectivity index (χ1) is 10.4. The Hall–Kier alpha value is -2.61. The second kappa shape index (κ2) is 6.71. The number of allylic oxidation sites excluding steroid dienone is 4. The van der Waals surface area contributed by atoms with Crippen LogP contribution in [0.1, 0.15) is 18.4 Å². The third-order valence-electron chi connectivity index (χ3n) is 3.44. The maximum absolute atomic E-state index is 4.63. The zero-order valence-electron chi connectivity index (χ0n) is 11.9. The normalized spacial score (nSPS) is 14.1. The van der Waals surface area contributed by atoms with Crippen molar-refractivity contribution in [3.8, 4) is 0 Å². The van der Waals surface area contributed by atoms with E-state index < -0.39 is 0 Å². The SMILES string of the molecule is C1=CCC(CC(=NNc2ccccc2)c2ccccc2)=C1. The molecule has 0 amide bonds. The molecule has 1 aliphatic carbocycles. The van der Waals surface area contributed by atoms with Crippen molar-refractivity contribution < 1.29 is 0 Å². The van der Waals surface area contributed by atoms with Crippen molar-refractivity contribution in [3.63, 3.8) is 0 Å². The number of benzene rings is 2. The van der Waals surface area contributed by atoms with E-state index in [2.05, 4.69) is 53.0 Å². The summed E-state index contributed by atoms with van der Waals surface area (Å²) in [5.41, 5.74) is 7.78. The molecular weight excluding hydrogens is 256 g/mol. The zero-order valence-corrected chi connectivity index (χ0v) is 11.9. The summed E-state index contributed by atoms with van der Waals surface area (Å²) in [5.74, 6) is 0. The molecule has 0 saturated heterocycles. The van der Waals surface area contributed by atoms with E-state index in [1.54, 1.807) is 0 Å². The fourth-order valence-corrected chi connectivity index (χ4v) is 2.32. The van der Waals surface area contributed by atoms with Crippen molar-refractivity contribution in [1.29, 1.82) is 0 Å². The van der Waals surface area contributed by atoms with E-state index in [-0.39, 0.29) is 0 Å². The lowest BCUT2D eigenvalue weighted by atomic mass is 10.0. The number of nitrogens with one attached hydrogen (secondary N) is 1. The van der Waals surface area contributed by atoms with Gasteiger partial charge in [0.25, 0.3) is 0 Å². The third kappa shape index (κ3) is 3.69. The van der Waals surface area contributed by atoms with Crippen molar-refractivity contribution in [1.82, 2.24) is 0 Å². The van der Waals surface area contributed by atoms with E-state index in [1.165, 1.54) is 5.57 Å². The van der Waals surface area contributed by atoms with E-state index in [9.17, 15) is 0 Å². The number of rotatable bonds is 5. The van der Waals surface area contributed by atoms with Gasteiger partial charge in [-0.2, -0.15) is 5.10 Å². The van der Waals surface area contributed by atoms with Gasteiger partial charge in [0.15, 0.2) is 0 Å². The highest BCUT2D eigenvalue weighted by Crippen LogP contribution is 2.18. The first-order valence-electron chi connectivity index (χ1n) is 7.19. The van der Waals surface area contributed by atoms with Gasteiger partial charge in [0.1, 0.15) is 0 Å². The standard InChI is InChI=1S/C19H18N2/c1-3-11-17(12-4-1)19(15-16-9-7-8-10-16)21-20-18-13-5-2-6-14-18/h1-9,11-14,20H,10,15H2. The Kier molecular flexibility index (Phi) is 4.27. The van der Waals surface area contributed by atoms with Crippen LogP contribution in [0.25, 0.3) is 0 Å². The zero-order chi connectivity index (χ0) is 14.3. The van der Waals surface area contributed by atoms with Crippen molar-refractivity contribution in [3.05, 3.63) is 90.0 Å². The van der Waals surface area contributed by atoms with E-state index in [1.807, 2.05) is 36.4 Å². The first-order valence-corrected chi connectivity index (χ1v) is 7.19. The van der Waals surface area contributed by atoms with E-state index in [0.717, 1.165) is 29.8 Å². The van der Waals surface area contributed by atoms with Crippen LogP contribution < -0.4 is 5.43 Å². The topological polar surface area (TPSA) is 24.4 Å². The largest absolute Gasteiger partial charge is 0.278 e. The molecule has 21 heavy (non-hydrogen) atoms. The number of hydrogen-bond donors (Lipinski definition) is 1. The molecule has 0 fully saturated rings. The summed E-state index contributed by atoms with van der Waals surface area (Å²) in [4.78, 5) is 0. The van der Waals surface area contributed by atoms with Gasteiger partial charge in [-0.3, -0.25) is 5.43 Å². The molecule has 0 aromatic heterocycles. The maximum Gasteiger partial charge on any atom is 0.0719 e. The van der Waals surface area contributed by atoms with Gasteiger partial charge in [-0.05, 0) is 24.1 Å². The second-order valence-electron chi connectivity index (χ2n) is 5.04. The van der Waals surface area contributed by atoms with Gasteiger partial charge in [-0.1, -0.05) is 72.3 Å². The summed E-state index contributed by atoms with van der Waals surface area (Å²) in [6, 6.07) is 20.4. The molecule has 2 heteroatoms. The molecule has 3 rings (SSSR count). The quantitative estimate of drug-likeness (QED) is 0.616. The van der Waals surface area contributed by atoms with Crippen LogP contribution in [0.3, 0.4) is 0 Å². The molecule has 1 aliphatic rings. The molecule has 2 nitrogen and oxygen atoms in total. The predicted molar refractivity (Wildman–Crippen MR) is 89.5 cm³/mol. The molecule has 2 aromatic carbocycles. The smallest absolute Gasteiger partial charge is 0.0719 e. The molecule has 0 unspecified atom stereocenters. The Morgan fingerprint density at radius 3 is 2.33 bits per heavy atom. The average Bonchev–Trinajstić information content (AvgIpc) is 3.06. The number of hydrazone groups is 1. The Morgan fingerprint density at radius 1 is 0.952 bits per heavy atom. The Morgan fingerprint density at radius 2 is 1.67 bits per heavy atom. The maximum atomic E-state index is 4.63. The van der Waals surface area contributed by atoms with Crippen molar-refractivity contribution in [2.24, 2.45) is 5.10 Å². The second-order valence-corrected chi connectivity index (χ2v) is 5.04. The molecular formula is C19H18N2. The van der Waals surface area contributed by atoms with Crippen LogP contribution in [0.5, 0.6) is 0 Å². The average molecular weight is 274 g/mol. The Bertz CT molecular complexity index is 667. The van der Waals surface area contributed by atoms with Crippen molar-refractivity contribution >= 4 is 11.4 Å². The number of hydrogen-bond acceptors (Lipinski definition) is 2. The fraction of sp³-hybridized carbons (Fsp3) is 0.105. The van der Waals surface area contributed by atoms with Gasteiger partial charge in [0.05, 0.1) is 11.4 Å². The van der Waals surface area contributed by atoms with Gasteiger partial charge in [-0.15, -0.1) is 0 Å². The molecule has 1 N–H and O–H groups in total. The van der Waals surface area contributed by atoms with Crippen LogP contribution in [0, 0.1) is 0 Å². The van der Waals surface area contributed by atoms with Crippen LogP contribution in [0.15, 0.2) is 89.6 Å². The van der Waals surface area contributed by atoms with Crippen LogP contribution in [-0.4, -0.2) is 5.71 Å². The minimum atomic E-state index is 0.872. The lowest BCUT2D eigenvalue weighted by Gasteiger charge is -2.09. The molecule has 2 aromatic rings. The monoisotopic (exact) mass is 274 g/mol. The lowest BCUT2D eigenvalue weighted by molar-refractivity contribution is 1.15. The van der Waals surface area contributed by atoms with E-state index in [4.69, 9.17) is 0 Å². The summed E-state index contributed by atoms with van der Waals surface area (Å²) in [5, 5.41) is 4.63. The van der Waals surface area contributed by atoms with Crippen LogP contribution in [0.2, 0.25) is 0 Å². The molecule has 0 bridgehead atoms. The van der Waals surface area contributed by atoms with Gasteiger partial charge in [0, 0.05) is 6.42 Å². The summed E-state index contributed by atoms with van der Waals surface area (Å²) in [6.45, 7) is 0. The summed E-state index contributed by atoms with van der Waals surface area (Å²) in [7, 11) is 0. The van der Waals surface area contributed by atoms with Gasteiger partial charge in [0.2, 0.25) is 0 Å². The molecule has 0 aliphatic heterocycles. The summed E-state index contributed by atoms with van der Waals surface area (Å²) < 4.78 is 0. The third-order valence-corrected chi connectivity index (χ3v) is 3.44. The molecule has 0 radical (unpaired) electrons. The van der Waals surface area contributed by atoms with Crippen LogP contribution >= 0.6 is 0 Å². The first kappa shape index (κ1) is 13.4. The summed E-state index contributed by atoms with van der Waals surface area (Å²) >= 11 is 0. The minimum Gasteiger partial charge on any atom is -0.278 e. The number of nitrogens with zero attached hydrogens (tertiary/aromatic N) is 1. The fourth-order valence-electron chi connectivity index (χ4n) is 2.32. The van der Waals surface area contributed by atoms with Crippen LogP contribution in [0.4, 0.5) is 5.69 Å². The lowest BCUT2D eigenvalue weighted by Crippen LogP contribution is -2.05. The molecule has 0 heterocycles. The van der Waals surface area contributed by atoms with Gasteiger partial charge >= 0.3 is 0 Å². The van der Waals surface area contributed by atoms with E-state index >= 15 is 0 Å². The number of para-hydroxylation sites is 1. The highest BCUT2D eigenvalue weighted by molar-refractivity contribution is 6.02. The summed E-state index contributed by atoms with van der Waals surface area (Å²) in [6.07, 6.45) is 8.38. The van der Waals surface area contributed by atoms with Crippen molar-refractivity contribution in [2.45, 2.75) is 12.8 Å². The minimum absolute atomic E-state index is 0.872. The molecule has 0 saturated carbocycles. The highest BCUT2D eigenvalue weighted by atomic mass is 15.3. The Labute approximate surface area is 125 Å². The van der Waals surface area contributed by atoms with Crippen molar-refractivity contribution in [2.75, 3.05) is 5.43 Å². The Balaban J connectivity index is 1.81. The van der Waals surface area contributed by atoms with Gasteiger partial charge < -0.3 is 0 Å². The molecule has 104 valence electrons.